The van der Waals surface area contributed by atoms with Crippen molar-refractivity contribution in [1.29, 1.82) is 0 Å². The normalized spacial score (nSPS) is 9.73. The Kier molecular flexibility index (Phi) is 2.94. The summed E-state index contributed by atoms with van der Waals surface area (Å²) in [5, 5.41) is 18.0. The minimum atomic E-state index is -0.0906. The van der Waals surface area contributed by atoms with Crippen LogP contribution in [0, 0.1) is 0 Å². The van der Waals surface area contributed by atoms with Gasteiger partial charge in [-0.25, -0.2) is 0 Å². The van der Waals surface area contributed by atoms with Crippen LogP contribution in [0.4, 0.5) is 0 Å². The first-order valence-corrected chi connectivity index (χ1v) is 3.64. The highest BCUT2D eigenvalue weighted by Gasteiger charge is 2.00. The van der Waals surface area contributed by atoms with Gasteiger partial charge in [0.15, 0.2) is 0 Å². The molecule has 4 heteroatoms. The van der Waals surface area contributed by atoms with Gasteiger partial charge in [0.2, 0.25) is 0 Å². The van der Waals surface area contributed by atoms with Crippen molar-refractivity contribution in [3.8, 4) is 0 Å². The van der Waals surface area contributed by atoms with E-state index in [2.05, 4.69) is 0 Å². The van der Waals surface area contributed by atoms with Crippen LogP contribution < -0.4 is 5.46 Å². The quantitative estimate of drug-likeness (QED) is 0.604. The lowest BCUT2D eigenvalue weighted by Crippen LogP contribution is -2.15. The summed E-state index contributed by atoms with van der Waals surface area (Å²) < 4.78 is 0. The lowest BCUT2D eigenvalue weighted by Gasteiger charge is -2.00. The van der Waals surface area contributed by atoms with Gasteiger partial charge in [0.25, 0.3) is 0 Å². The molecule has 0 unspecified atom stereocenters. The first-order valence-electron chi connectivity index (χ1n) is 3.27. The van der Waals surface area contributed by atoms with Gasteiger partial charge in [-0.3, -0.25) is 0 Å². The summed E-state index contributed by atoms with van der Waals surface area (Å²) in [5.41, 5.74) is 1.41. The van der Waals surface area contributed by atoms with Crippen LogP contribution in [-0.2, 0) is 6.61 Å². The van der Waals surface area contributed by atoms with Crippen molar-refractivity contribution in [2.75, 3.05) is 0 Å². The van der Waals surface area contributed by atoms with E-state index in [-0.39, 0.29) is 14.1 Å². The second-order valence-corrected chi connectivity index (χ2v) is 2.65. The Hall–Kier alpha value is -0.505. The Morgan fingerprint density at radius 3 is 2.73 bits per heavy atom. The molecule has 0 aromatic heterocycles. The molecule has 11 heavy (non-hydrogen) atoms. The molecule has 1 aromatic rings. The minimum absolute atomic E-state index is 0.0236. The first kappa shape index (κ1) is 8.59. The average molecular weight is 170 g/mol. The van der Waals surface area contributed by atoms with Crippen LogP contribution in [0.25, 0.3) is 0 Å². The lowest BCUT2D eigenvalue weighted by atomic mass is 9.87. The van der Waals surface area contributed by atoms with Crippen LogP contribution in [0.5, 0.6) is 0 Å². The van der Waals surface area contributed by atoms with E-state index < -0.39 is 0 Å². The summed E-state index contributed by atoms with van der Waals surface area (Å²) in [5.74, 6) is 0. The first-order chi connectivity index (χ1) is 5.27. The Balaban J connectivity index is 3.02. The second kappa shape index (κ2) is 3.76. The minimum Gasteiger partial charge on any atom is -0.449 e. The van der Waals surface area contributed by atoms with Crippen molar-refractivity contribution >= 4 is 24.5 Å². The van der Waals surface area contributed by atoms with Gasteiger partial charge in [-0.2, -0.15) is 0 Å². The van der Waals surface area contributed by atoms with E-state index in [9.17, 15) is 0 Å². The third-order valence-corrected chi connectivity index (χ3v) is 1.83. The van der Waals surface area contributed by atoms with E-state index >= 15 is 0 Å². The highest BCUT2D eigenvalue weighted by Crippen LogP contribution is 2.06. The Morgan fingerprint density at radius 2 is 2.18 bits per heavy atom. The lowest BCUT2D eigenvalue weighted by molar-refractivity contribution is 0.282. The van der Waals surface area contributed by atoms with E-state index in [4.69, 9.17) is 21.7 Å². The maximum atomic E-state index is 8.77. The van der Waals surface area contributed by atoms with Gasteiger partial charge < -0.3 is 10.1 Å². The molecule has 0 aliphatic heterocycles. The average Bonchev–Trinajstić information content (AvgIpc) is 2.05. The van der Waals surface area contributed by atoms with E-state index in [1.807, 2.05) is 0 Å². The van der Waals surface area contributed by atoms with Crippen LogP contribution in [0.3, 0.4) is 0 Å². The molecule has 2 N–H and O–H groups in total. The molecule has 1 rings (SSSR count). The summed E-state index contributed by atoms with van der Waals surface area (Å²) in [6.07, 6.45) is 0. The molecule has 2 nitrogen and oxygen atoms in total. The molecule has 0 fully saturated rings. The van der Waals surface area contributed by atoms with Crippen molar-refractivity contribution in [2.24, 2.45) is 0 Å². The van der Waals surface area contributed by atoms with Gasteiger partial charge in [0.1, 0.15) is 0 Å². The predicted octanol–water partition coefficient (Wildman–Crippen LogP) is -0.199. The topological polar surface area (TPSA) is 40.5 Å². The van der Waals surface area contributed by atoms with Gasteiger partial charge in [-0.1, -0.05) is 23.7 Å². The van der Waals surface area contributed by atoms with Gasteiger partial charge in [0, 0.05) is 5.02 Å². The van der Waals surface area contributed by atoms with Gasteiger partial charge in [-0.05, 0) is 17.1 Å². The molecular formula is C7H8BClO2. The maximum absolute atomic E-state index is 8.77. The molecule has 0 saturated carbocycles. The fourth-order valence-electron chi connectivity index (χ4n) is 0.848. The van der Waals surface area contributed by atoms with Gasteiger partial charge in [0.05, 0.1) is 6.61 Å². The molecule has 58 valence electrons. The number of hydrogen-bond acceptors (Lipinski definition) is 2. The van der Waals surface area contributed by atoms with E-state index in [1.165, 1.54) is 0 Å². The van der Waals surface area contributed by atoms with Crippen molar-refractivity contribution < 1.29 is 10.1 Å². The third kappa shape index (κ3) is 1.96. The monoisotopic (exact) mass is 170 g/mol. The fourth-order valence-corrected chi connectivity index (χ4v) is 1.02. The van der Waals surface area contributed by atoms with Crippen molar-refractivity contribution in [3.05, 3.63) is 28.8 Å². The molecule has 0 aliphatic rings. The zero-order valence-corrected chi connectivity index (χ0v) is 6.67. The molecule has 0 atom stereocenters. The number of hydrogen-bond donors (Lipinski definition) is 2. The summed E-state index contributed by atoms with van der Waals surface area (Å²) in [4.78, 5) is 0. The van der Waals surface area contributed by atoms with Gasteiger partial charge >= 0.3 is 7.48 Å². The molecular weight excluding hydrogens is 162 g/mol. The number of benzene rings is 1. The van der Waals surface area contributed by atoms with Crippen LogP contribution in [-0.4, -0.2) is 17.6 Å². The summed E-state index contributed by atoms with van der Waals surface area (Å²) >= 11 is 5.71. The highest BCUT2D eigenvalue weighted by atomic mass is 35.5. The number of aliphatic hydroxyl groups excluding tert-OH is 1. The zero-order chi connectivity index (χ0) is 8.27. The van der Waals surface area contributed by atoms with Crippen LogP contribution >= 0.6 is 11.6 Å². The largest absolute Gasteiger partial charge is 0.449 e. The second-order valence-electron chi connectivity index (χ2n) is 2.24. The molecule has 0 bridgehead atoms. The highest BCUT2D eigenvalue weighted by molar-refractivity contribution is 6.52. The molecule has 0 radical (unpaired) electrons. The van der Waals surface area contributed by atoms with Crippen LogP contribution in [0.15, 0.2) is 18.2 Å². The van der Waals surface area contributed by atoms with Crippen LogP contribution in [0.1, 0.15) is 5.56 Å². The van der Waals surface area contributed by atoms with E-state index in [0.29, 0.717) is 10.5 Å². The summed E-state index contributed by atoms with van der Waals surface area (Å²) in [7, 11) is -0.0906. The Bertz CT molecular complexity index is 252. The van der Waals surface area contributed by atoms with Crippen molar-refractivity contribution in [1.82, 2.24) is 0 Å². The van der Waals surface area contributed by atoms with Crippen molar-refractivity contribution in [2.45, 2.75) is 6.61 Å². The molecule has 0 spiro atoms. The number of halogens is 1. The molecule has 0 amide bonds. The molecule has 0 aliphatic carbocycles. The van der Waals surface area contributed by atoms with E-state index in [0.717, 1.165) is 5.56 Å². The molecule has 1 aromatic carbocycles. The third-order valence-electron chi connectivity index (χ3n) is 1.46. The fraction of sp³-hybridized carbons (Fsp3) is 0.143. The smallest absolute Gasteiger partial charge is 0.306 e. The van der Waals surface area contributed by atoms with Crippen LogP contribution in [0.2, 0.25) is 5.02 Å². The summed E-state index contributed by atoms with van der Waals surface area (Å²) in [6, 6.07) is 5.07. The number of aliphatic hydroxyl groups is 1. The SMILES string of the molecule is OBc1cc(CO)ccc1Cl. The predicted molar refractivity (Wildman–Crippen MR) is 46.4 cm³/mol. The van der Waals surface area contributed by atoms with E-state index in [1.54, 1.807) is 18.2 Å². The van der Waals surface area contributed by atoms with Crippen molar-refractivity contribution in [3.63, 3.8) is 0 Å². The van der Waals surface area contributed by atoms with Gasteiger partial charge in [-0.15, -0.1) is 0 Å². The standard InChI is InChI=1S/C7H8BClO2/c9-7-2-1-5(4-10)3-6(7)8-11/h1-3,8,10-11H,4H2. The maximum Gasteiger partial charge on any atom is 0.306 e. The Labute approximate surface area is 70.7 Å². The molecule has 0 saturated heterocycles. The Morgan fingerprint density at radius 1 is 1.45 bits per heavy atom. The summed E-state index contributed by atoms with van der Waals surface area (Å²) in [6.45, 7) is -0.0236. The molecule has 0 heterocycles. The number of rotatable bonds is 2. The zero-order valence-electron chi connectivity index (χ0n) is 5.92.